The van der Waals surface area contributed by atoms with Crippen LogP contribution in [0.3, 0.4) is 0 Å². The van der Waals surface area contributed by atoms with Gasteiger partial charge in [-0.25, -0.2) is 0 Å². The SMILES string of the molecule is c1ccc(-c2ccc3c(c2)c2cc(-c4ccc(-c5nnc(-c6ccccc6)o5)cc4)ccc2n3-c2ccccc2)cc1. The van der Waals surface area contributed by atoms with Gasteiger partial charge in [-0.2, -0.15) is 0 Å². The molecule has 42 heavy (non-hydrogen) atoms. The Balaban J connectivity index is 1.22. The Hall–Kier alpha value is -5.74. The number of aromatic nitrogens is 3. The Morgan fingerprint density at radius 1 is 0.381 bits per heavy atom. The van der Waals surface area contributed by atoms with Crippen molar-refractivity contribution in [3.05, 3.63) is 152 Å². The summed E-state index contributed by atoms with van der Waals surface area (Å²) in [6, 6.07) is 52.8. The second kappa shape index (κ2) is 10.0. The summed E-state index contributed by atoms with van der Waals surface area (Å²) in [5, 5.41) is 11.0. The molecular weight excluding hydrogens is 514 g/mol. The fraction of sp³-hybridized carbons (Fsp3) is 0. The molecule has 0 aliphatic heterocycles. The van der Waals surface area contributed by atoms with Crippen LogP contribution in [0.2, 0.25) is 0 Å². The summed E-state index contributed by atoms with van der Waals surface area (Å²) in [6.07, 6.45) is 0. The zero-order valence-electron chi connectivity index (χ0n) is 22.7. The van der Waals surface area contributed by atoms with E-state index in [9.17, 15) is 0 Å². The molecule has 0 spiro atoms. The zero-order chi connectivity index (χ0) is 27.9. The molecule has 0 fully saturated rings. The van der Waals surface area contributed by atoms with Crippen molar-refractivity contribution in [2.75, 3.05) is 0 Å². The normalized spacial score (nSPS) is 11.3. The van der Waals surface area contributed by atoms with E-state index in [1.807, 2.05) is 42.5 Å². The molecule has 4 heteroatoms. The van der Waals surface area contributed by atoms with Gasteiger partial charge in [-0.1, -0.05) is 91.0 Å². The molecule has 6 aromatic carbocycles. The molecule has 0 N–H and O–H groups in total. The molecule has 0 saturated heterocycles. The molecule has 0 bridgehead atoms. The van der Waals surface area contributed by atoms with E-state index in [1.165, 1.54) is 32.9 Å². The van der Waals surface area contributed by atoms with Crippen molar-refractivity contribution in [3.8, 4) is 50.8 Å². The van der Waals surface area contributed by atoms with E-state index in [2.05, 4.69) is 124 Å². The number of fused-ring (bicyclic) bond motifs is 3. The Labute approximate surface area is 243 Å². The predicted octanol–water partition coefficient (Wildman–Crippen LogP) is 9.83. The minimum Gasteiger partial charge on any atom is -0.416 e. The molecule has 198 valence electrons. The lowest BCUT2D eigenvalue weighted by atomic mass is 9.99. The molecule has 0 saturated carbocycles. The summed E-state index contributed by atoms with van der Waals surface area (Å²) in [4.78, 5) is 0. The van der Waals surface area contributed by atoms with Crippen molar-refractivity contribution < 1.29 is 4.42 Å². The van der Waals surface area contributed by atoms with Gasteiger partial charge < -0.3 is 8.98 Å². The van der Waals surface area contributed by atoms with Crippen molar-refractivity contribution in [3.63, 3.8) is 0 Å². The second-order valence-electron chi connectivity index (χ2n) is 10.4. The molecule has 0 atom stereocenters. The first kappa shape index (κ1) is 24.1. The van der Waals surface area contributed by atoms with Crippen molar-refractivity contribution in [2.24, 2.45) is 0 Å². The lowest BCUT2D eigenvalue weighted by molar-refractivity contribution is 0.584. The van der Waals surface area contributed by atoms with E-state index in [1.54, 1.807) is 0 Å². The molecule has 0 aliphatic carbocycles. The standard InChI is InChI=1S/C38H25N3O/c1-4-10-26(11-5-1)30-20-22-35-33(24-30)34-25-31(21-23-36(34)41(35)32-14-8-3-9-15-32)27-16-18-29(19-17-27)38-40-39-37(42-38)28-12-6-2-7-13-28/h1-25H. The van der Waals surface area contributed by atoms with E-state index in [-0.39, 0.29) is 0 Å². The lowest BCUT2D eigenvalue weighted by Gasteiger charge is -2.08. The minimum atomic E-state index is 0.509. The summed E-state index contributed by atoms with van der Waals surface area (Å²) >= 11 is 0. The van der Waals surface area contributed by atoms with Crippen LogP contribution >= 0.6 is 0 Å². The maximum Gasteiger partial charge on any atom is 0.248 e. The average molecular weight is 540 g/mol. The van der Waals surface area contributed by atoms with Gasteiger partial charge in [-0.05, 0) is 82.9 Å². The monoisotopic (exact) mass is 539 g/mol. The molecule has 8 aromatic rings. The molecule has 2 heterocycles. The number of rotatable bonds is 5. The van der Waals surface area contributed by atoms with E-state index >= 15 is 0 Å². The molecule has 2 aromatic heterocycles. The molecular formula is C38H25N3O. The molecule has 0 unspecified atom stereocenters. The fourth-order valence-electron chi connectivity index (χ4n) is 5.71. The Morgan fingerprint density at radius 2 is 0.786 bits per heavy atom. The third-order valence-corrected chi connectivity index (χ3v) is 7.80. The van der Waals surface area contributed by atoms with Crippen molar-refractivity contribution >= 4 is 21.8 Å². The van der Waals surface area contributed by atoms with Gasteiger partial charge in [0.15, 0.2) is 0 Å². The third-order valence-electron chi connectivity index (χ3n) is 7.80. The van der Waals surface area contributed by atoms with Crippen molar-refractivity contribution in [1.29, 1.82) is 0 Å². The number of hydrogen-bond acceptors (Lipinski definition) is 3. The van der Waals surface area contributed by atoms with Gasteiger partial charge in [0.05, 0.1) is 11.0 Å². The highest BCUT2D eigenvalue weighted by Crippen LogP contribution is 2.37. The molecule has 0 radical (unpaired) electrons. The first-order chi connectivity index (χ1) is 20.8. The number of benzene rings is 6. The first-order valence-electron chi connectivity index (χ1n) is 14.0. The van der Waals surface area contributed by atoms with Gasteiger partial charge in [0, 0.05) is 27.6 Å². The minimum absolute atomic E-state index is 0.509. The Bertz CT molecular complexity index is 2160. The van der Waals surface area contributed by atoms with Gasteiger partial charge in [-0.15, -0.1) is 10.2 Å². The van der Waals surface area contributed by atoms with E-state index < -0.39 is 0 Å². The van der Waals surface area contributed by atoms with Crippen LogP contribution in [0.5, 0.6) is 0 Å². The highest BCUT2D eigenvalue weighted by molar-refractivity contribution is 6.11. The number of hydrogen-bond donors (Lipinski definition) is 0. The topological polar surface area (TPSA) is 43.9 Å². The third kappa shape index (κ3) is 4.18. The highest BCUT2D eigenvalue weighted by Gasteiger charge is 2.15. The van der Waals surface area contributed by atoms with E-state index in [0.717, 1.165) is 27.9 Å². The van der Waals surface area contributed by atoms with Gasteiger partial charge in [-0.3, -0.25) is 0 Å². The maximum absolute atomic E-state index is 5.97. The van der Waals surface area contributed by atoms with Crippen LogP contribution < -0.4 is 0 Å². The van der Waals surface area contributed by atoms with Crippen LogP contribution in [0.25, 0.3) is 72.7 Å². The van der Waals surface area contributed by atoms with Crippen molar-refractivity contribution in [2.45, 2.75) is 0 Å². The van der Waals surface area contributed by atoms with Crippen molar-refractivity contribution in [1.82, 2.24) is 14.8 Å². The zero-order valence-corrected chi connectivity index (χ0v) is 22.7. The fourth-order valence-corrected chi connectivity index (χ4v) is 5.71. The van der Waals surface area contributed by atoms with Crippen LogP contribution in [0.4, 0.5) is 0 Å². The largest absolute Gasteiger partial charge is 0.416 e. The predicted molar refractivity (Wildman–Crippen MR) is 170 cm³/mol. The quantitative estimate of drug-likeness (QED) is 0.219. The Morgan fingerprint density at radius 3 is 1.33 bits per heavy atom. The van der Waals surface area contributed by atoms with Crippen LogP contribution in [0, 0.1) is 0 Å². The summed E-state index contributed by atoms with van der Waals surface area (Å²) in [5.41, 5.74) is 10.0. The Kier molecular flexibility index (Phi) is 5.75. The van der Waals surface area contributed by atoms with Crippen LogP contribution in [0.1, 0.15) is 0 Å². The van der Waals surface area contributed by atoms with Gasteiger partial charge in [0.2, 0.25) is 11.8 Å². The summed E-state index contributed by atoms with van der Waals surface area (Å²) in [6.45, 7) is 0. The molecule has 0 amide bonds. The lowest BCUT2D eigenvalue weighted by Crippen LogP contribution is -1.93. The second-order valence-corrected chi connectivity index (χ2v) is 10.4. The van der Waals surface area contributed by atoms with Gasteiger partial charge >= 0.3 is 0 Å². The summed E-state index contributed by atoms with van der Waals surface area (Å²) < 4.78 is 8.33. The summed E-state index contributed by atoms with van der Waals surface area (Å²) in [5.74, 6) is 1.03. The average Bonchev–Trinajstić information content (AvgIpc) is 3.69. The van der Waals surface area contributed by atoms with Gasteiger partial charge in [0.25, 0.3) is 0 Å². The van der Waals surface area contributed by atoms with E-state index in [4.69, 9.17) is 4.42 Å². The maximum atomic E-state index is 5.97. The van der Waals surface area contributed by atoms with Crippen LogP contribution in [-0.2, 0) is 0 Å². The summed E-state index contributed by atoms with van der Waals surface area (Å²) in [7, 11) is 0. The van der Waals surface area contributed by atoms with E-state index in [0.29, 0.717) is 11.8 Å². The molecule has 0 aliphatic rings. The molecule has 8 rings (SSSR count). The first-order valence-corrected chi connectivity index (χ1v) is 14.0. The molecule has 4 nitrogen and oxygen atoms in total. The van der Waals surface area contributed by atoms with Gasteiger partial charge in [0.1, 0.15) is 0 Å². The highest BCUT2D eigenvalue weighted by atomic mass is 16.4. The van der Waals surface area contributed by atoms with Crippen LogP contribution in [-0.4, -0.2) is 14.8 Å². The number of para-hydroxylation sites is 1. The van der Waals surface area contributed by atoms with Crippen LogP contribution in [0.15, 0.2) is 156 Å². The smallest absolute Gasteiger partial charge is 0.248 e. The number of nitrogens with zero attached hydrogens (tertiary/aromatic N) is 3.